The fourth-order valence-electron chi connectivity index (χ4n) is 5.25. The van der Waals surface area contributed by atoms with Crippen molar-refractivity contribution >= 4 is 40.4 Å². The molecule has 0 saturated heterocycles. The molecule has 0 bridgehead atoms. The lowest BCUT2D eigenvalue weighted by molar-refractivity contribution is -0.117. The number of nitrogens with one attached hydrogen (secondary N) is 1. The highest BCUT2D eigenvalue weighted by Crippen LogP contribution is 2.45. The number of hydrogen-bond donors (Lipinski definition) is 2. The Morgan fingerprint density at radius 1 is 1.18 bits per heavy atom. The second kappa shape index (κ2) is 9.34. The number of aliphatic imine (C=N–C) groups is 1. The Bertz CT molecular complexity index is 1480. The number of nitrogen functional groups attached to an aromatic ring is 1. The summed E-state index contributed by atoms with van der Waals surface area (Å²) in [5.74, 6) is 2.54. The molecule has 3 N–H and O–H groups in total. The summed E-state index contributed by atoms with van der Waals surface area (Å²) in [6, 6.07) is 5.92. The van der Waals surface area contributed by atoms with Crippen LogP contribution in [0.3, 0.4) is 0 Å². The maximum atomic E-state index is 12.9. The zero-order valence-electron chi connectivity index (χ0n) is 22.0. The number of pyridine rings is 3. The molecule has 5 heterocycles. The SMILES string of the molecule is Cc1cc(C2=N[C@@H](C(C)C)CO2)ncc1-c1cc2cc(NC(=O)[C@H]3C[C@@H]3C3C=NN(C)C3)ncc2c(N)n1. The van der Waals surface area contributed by atoms with E-state index in [0.717, 1.165) is 34.9 Å². The first-order valence-electron chi connectivity index (χ1n) is 13.1. The summed E-state index contributed by atoms with van der Waals surface area (Å²) in [6.07, 6.45) is 6.29. The zero-order valence-corrected chi connectivity index (χ0v) is 22.0. The first-order chi connectivity index (χ1) is 18.3. The highest BCUT2D eigenvalue weighted by molar-refractivity contribution is 5.99. The molecule has 38 heavy (non-hydrogen) atoms. The molecule has 4 atom stereocenters. The van der Waals surface area contributed by atoms with Crippen LogP contribution in [-0.4, -0.2) is 64.2 Å². The minimum absolute atomic E-state index is 0.000519. The number of ether oxygens (including phenoxy) is 1. The van der Waals surface area contributed by atoms with Crippen LogP contribution in [0.4, 0.5) is 11.6 Å². The van der Waals surface area contributed by atoms with Crippen molar-refractivity contribution in [3.8, 4) is 11.3 Å². The summed E-state index contributed by atoms with van der Waals surface area (Å²) < 4.78 is 5.80. The Labute approximate surface area is 221 Å². The van der Waals surface area contributed by atoms with E-state index in [1.807, 2.05) is 43.4 Å². The molecule has 0 radical (unpaired) electrons. The van der Waals surface area contributed by atoms with Gasteiger partial charge in [0.2, 0.25) is 11.8 Å². The van der Waals surface area contributed by atoms with Crippen molar-refractivity contribution in [3.05, 3.63) is 41.9 Å². The van der Waals surface area contributed by atoms with Gasteiger partial charge in [-0.3, -0.25) is 14.8 Å². The summed E-state index contributed by atoms with van der Waals surface area (Å²) in [7, 11) is 1.95. The Morgan fingerprint density at radius 2 is 2.03 bits per heavy atom. The van der Waals surface area contributed by atoms with Gasteiger partial charge in [-0.25, -0.2) is 15.0 Å². The van der Waals surface area contributed by atoms with Gasteiger partial charge < -0.3 is 15.8 Å². The number of hydrogen-bond acceptors (Lipinski definition) is 9. The van der Waals surface area contributed by atoms with Crippen LogP contribution in [0.25, 0.3) is 22.0 Å². The molecule has 0 aromatic carbocycles. The summed E-state index contributed by atoms with van der Waals surface area (Å²) in [5.41, 5.74) is 9.59. The number of rotatable bonds is 6. The van der Waals surface area contributed by atoms with Crippen molar-refractivity contribution in [3.63, 3.8) is 0 Å². The molecule has 0 spiro atoms. The number of hydrazone groups is 1. The highest BCUT2D eigenvalue weighted by Gasteiger charge is 2.48. The Morgan fingerprint density at radius 3 is 2.74 bits per heavy atom. The topological polar surface area (TPSA) is 131 Å². The fraction of sp³-hybridized carbons (Fsp3) is 0.429. The lowest BCUT2D eigenvalue weighted by Gasteiger charge is -2.11. The molecule has 10 nitrogen and oxygen atoms in total. The van der Waals surface area contributed by atoms with E-state index in [1.165, 1.54) is 0 Å². The molecule has 2 aliphatic heterocycles. The third kappa shape index (κ3) is 4.55. The quantitative estimate of drug-likeness (QED) is 0.517. The van der Waals surface area contributed by atoms with E-state index in [0.29, 0.717) is 53.3 Å². The molecular formula is C28H32N8O2. The lowest BCUT2D eigenvalue weighted by atomic mass is 10.0. The number of nitrogens with two attached hydrogens (primary N) is 1. The molecule has 1 saturated carbocycles. The van der Waals surface area contributed by atoms with E-state index >= 15 is 0 Å². The number of aromatic nitrogens is 3. The van der Waals surface area contributed by atoms with Crippen molar-refractivity contribution in [2.75, 3.05) is 31.2 Å². The van der Waals surface area contributed by atoms with Crippen LogP contribution in [0.1, 0.15) is 31.5 Å². The number of carbonyl (C=O) groups is 1. The minimum Gasteiger partial charge on any atom is -0.474 e. The molecule has 10 heteroatoms. The van der Waals surface area contributed by atoms with Crippen LogP contribution in [-0.2, 0) is 9.53 Å². The van der Waals surface area contributed by atoms with Crippen molar-refractivity contribution in [2.24, 2.45) is 33.8 Å². The Balaban J connectivity index is 1.22. The standard InChI is InChI=1S/C28H32N8O2/c1-14(2)24-13-38-28(34-24)23-5-15(3)20(10-30-23)22-6-16-7-25(31-11-21(16)26(29)33-22)35-27(37)19-8-18(19)17-9-32-36(4)12-17/h5-7,9-11,14,17-19,24H,8,12-13H2,1-4H3,(H2,29,33)(H,31,35,37)/t17?,18-,19+,24-/m1/s1. The van der Waals surface area contributed by atoms with Gasteiger partial charge in [-0.05, 0) is 54.3 Å². The van der Waals surface area contributed by atoms with Crippen molar-refractivity contribution in [1.29, 1.82) is 0 Å². The number of carbonyl (C=O) groups excluding carboxylic acids is 1. The van der Waals surface area contributed by atoms with E-state index in [-0.39, 0.29) is 17.9 Å². The number of aryl methyl sites for hydroxylation is 1. The fourth-order valence-corrected chi connectivity index (χ4v) is 5.25. The van der Waals surface area contributed by atoms with Crippen LogP contribution in [0.15, 0.2) is 40.7 Å². The molecule has 3 aromatic rings. The van der Waals surface area contributed by atoms with E-state index in [4.69, 9.17) is 10.5 Å². The molecule has 3 aromatic heterocycles. The highest BCUT2D eigenvalue weighted by atomic mass is 16.5. The van der Waals surface area contributed by atoms with Gasteiger partial charge in [0, 0.05) is 55.0 Å². The van der Waals surface area contributed by atoms with Gasteiger partial charge in [0.15, 0.2) is 0 Å². The third-order valence-electron chi connectivity index (χ3n) is 7.70. The minimum atomic E-state index is -0.00924. The van der Waals surface area contributed by atoms with E-state index in [9.17, 15) is 4.79 Å². The predicted molar refractivity (Wildman–Crippen MR) is 148 cm³/mol. The Hall–Kier alpha value is -4.08. The van der Waals surface area contributed by atoms with Crippen LogP contribution < -0.4 is 11.1 Å². The van der Waals surface area contributed by atoms with Gasteiger partial charge in [0.05, 0.1) is 11.7 Å². The van der Waals surface area contributed by atoms with E-state index in [1.54, 1.807) is 12.4 Å². The largest absolute Gasteiger partial charge is 0.474 e. The normalized spacial score (nSPS) is 24.1. The lowest BCUT2D eigenvalue weighted by Crippen LogP contribution is -2.20. The second-order valence-corrected chi connectivity index (χ2v) is 10.9. The van der Waals surface area contributed by atoms with Crippen molar-refractivity contribution in [2.45, 2.75) is 33.2 Å². The number of nitrogens with zero attached hydrogens (tertiary/aromatic N) is 6. The monoisotopic (exact) mass is 512 g/mol. The molecule has 1 aliphatic carbocycles. The average Bonchev–Trinajstić information content (AvgIpc) is 3.30. The molecule has 1 fully saturated rings. The number of anilines is 2. The van der Waals surface area contributed by atoms with Gasteiger partial charge in [0.1, 0.15) is 23.9 Å². The van der Waals surface area contributed by atoms with Gasteiger partial charge in [-0.2, -0.15) is 5.10 Å². The maximum absolute atomic E-state index is 12.9. The summed E-state index contributed by atoms with van der Waals surface area (Å²) in [5, 5.41) is 10.8. The van der Waals surface area contributed by atoms with Gasteiger partial charge >= 0.3 is 0 Å². The second-order valence-electron chi connectivity index (χ2n) is 10.9. The summed E-state index contributed by atoms with van der Waals surface area (Å²) >= 11 is 0. The van der Waals surface area contributed by atoms with Crippen molar-refractivity contribution < 1.29 is 9.53 Å². The number of fused-ring (bicyclic) bond motifs is 1. The maximum Gasteiger partial charge on any atom is 0.235 e. The number of amides is 1. The average molecular weight is 513 g/mol. The molecule has 6 rings (SSSR count). The summed E-state index contributed by atoms with van der Waals surface area (Å²) in [4.78, 5) is 31.2. The van der Waals surface area contributed by atoms with Gasteiger partial charge in [-0.1, -0.05) is 13.8 Å². The summed E-state index contributed by atoms with van der Waals surface area (Å²) in [6.45, 7) is 7.73. The van der Waals surface area contributed by atoms with Crippen LogP contribution >= 0.6 is 0 Å². The van der Waals surface area contributed by atoms with Crippen LogP contribution in [0.5, 0.6) is 0 Å². The van der Waals surface area contributed by atoms with E-state index < -0.39 is 0 Å². The smallest absolute Gasteiger partial charge is 0.235 e. The molecule has 1 unspecified atom stereocenters. The first kappa shape index (κ1) is 24.3. The first-order valence-corrected chi connectivity index (χ1v) is 13.1. The van der Waals surface area contributed by atoms with Crippen LogP contribution in [0, 0.1) is 30.6 Å². The van der Waals surface area contributed by atoms with Gasteiger partial charge in [0.25, 0.3) is 0 Å². The van der Waals surface area contributed by atoms with Crippen molar-refractivity contribution in [1.82, 2.24) is 20.0 Å². The predicted octanol–water partition coefficient (Wildman–Crippen LogP) is 3.51. The van der Waals surface area contributed by atoms with Gasteiger partial charge in [-0.15, -0.1) is 0 Å². The molecule has 1 amide bonds. The third-order valence-corrected chi connectivity index (χ3v) is 7.70. The zero-order chi connectivity index (χ0) is 26.6. The van der Waals surface area contributed by atoms with Crippen LogP contribution in [0.2, 0.25) is 0 Å². The molecule has 3 aliphatic rings. The molecule has 196 valence electrons. The molecular weight excluding hydrogens is 480 g/mol. The Kier molecular flexibility index (Phi) is 5.97. The van der Waals surface area contributed by atoms with E-state index in [2.05, 4.69) is 44.2 Å².